The van der Waals surface area contributed by atoms with Gasteiger partial charge in [0, 0.05) is 11.3 Å². The predicted molar refractivity (Wildman–Crippen MR) is 120 cm³/mol. The Kier molecular flexibility index (Phi) is 5.19. The molecular weight excluding hydrogens is 372 g/mol. The van der Waals surface area contributed by atoms with Gasteiger partial charge in [-0.3, -0.25) is 4.79 Å². The molecule has 1 N–H and O–H groups in total. The Hall–Kier alpha value is -3.73. The summed E-state index contributed by atoms with van der Waals surface area (Å²) in [6.07, 6.45) is 0. The summed E-state index contributed by atoms with van der Waals surface area (Å²) in [5.74, 6) is 0.427. The molecule has 0 unspecified atom stereocenters. The van der Waals surface area contributed by atoms with Crippen molar-refractivity contribution in [1.82, 2.24) is 14.8 Å². The van der Waals surface area contributed by atoms with Gasteiger partial charge in [0.1, 0.15) is 0 Å². The lowest BCUT2D eigenvalue weighted by molar-refractivity contribution is 0.101. The van der Waals surface area contributed by atoms with Crippen molar-refractivity contribution in [2.45, 2.75) is 27.7 Å². The number of nitrogens with one attached hydrogen (secondary N) is 1. The molecule has 0 aliphatic rings. The molecule has 4 rings (SSSR count). The first-order chi connectivity index (χ1) is 14.4. The Balaban J connectivity index is 1.75. The van der Waals surface area contributed by atoms with E-state index in [0.29, 0.717) is 5.82 Å². The number of anilines is 1. The number of amides is 1. The third-order valence-electron chi connectivity index (χ3n) is 5.13. The van der Waals surface area contributed by atoms with Gasteiger partial charge in [0.25, 0.3) is 5.91 Å². The van der Waals surface area contributed by atoms with Crippen LogP contribution in [-0.2, 0) is 0 Å². The van der Waals surface area contributed by atoms with E-state index in [1.54, 1.807) is 4.68 Å². The summed E-state index contributed by atoms with van der Waals surface area (Å²) in [5.41, 5.74) is 7.06. The second-order valence-corrected chi connectivity index (χ2v) is 7.63. The van der Waals surface area contributed by atoms with E-state index in [2.05, 4.69) is 15.4 Å². The summed E-state index contributed by atoms with van der Waals surface area (Å²) < 4.78 is 1.73. The van der Waals surface area contributed by atoms with Crippen LogP contribution in [0.1, 0.15) is 32.9 Å². The van der Waals surface area contributed by atoms with Gasteiger partial charge in [0.05, 0.1) is 5.69 Å². The van der Waals surface area contributed by atoms with E-state index < -0.39 is 0 Å². The number of carbonyl (C=O) groups is 1. The maximum Gasteiger partial charge on any atom is 0.295 e. The fraction of sp³-hybridized carbons (Fsp3) is 0.160. The second-order valence-electron chi connectivity index (χ2n) is 7.63. The van der Waals surface area contributed by atoms with E-state index in [1.165, 1.54) is 5.56 Å². The van der Waals surface area contributed by atoms with Crippen LogP contribution in [0.25, 0.3) is 17.1 Å². The first-order valence-corrected chi connectivity index (χ1v) is 9.90. The molecule has 4 aromatic rings. The SMILES string of the molecule is Cc1ccc(-n2nc(C(=O)Nc3ccc(C)c(C)c3)nc2-c2cccc(C)c2)cc1. The first-order valence-electron chi connectivity index (χ1n) is 9.90. The molecule has 3 aromatic carbocycles. The fourth-order valence-corrected chi connectivity index (χ4v) is 3.25. The van der Waals surface area contributed by atoms with Crippen molar-refractivity contribution in [2.24, 2.45) is 0 Å². The number of rotatable bonds is 4. The summed E-state index contributed by atoms with van der Waals surface area (Å²) in [7, 11) is 0. The van der Waals surface area contributed by atoms with Gasteiger partial charge in [-0.05, 0) is 69.2 Å². The molecule has 0 fully saturated rings. The van der Waals surface area contributed by atoms with Gasteiger partial charge in [-0.15, -0.1) is 5.10 Å². The molecule has 0 aliphatic heterocycles. The van der Waals surface area contributed by atoms with E-state index in [-0.39, 0.29) is 11.7 Å². The third kappa shape index (κ3) is 4.01. The van der Waals surface area contributed by atoms with Crippen molar-refractivity contribution < 1.29 is 4.79 Å². The first kappa shape index (κ1) is 19.6. The van der Waals surface area contributed by atoms with E-state index in [4.69, 9.17) is 0 Å². The van der Waals surface area contributed by atoms with Crippen LogP contribution in [0.5, 0.6) is 0 Å². The number of aromatic nitrogens is 3. The average molecular weight is 396 g/mol. The lowest BCUT2D eigenvalue weighted by Crippen LogP contribution is -2.14. The van der Waals surface area contributed by atoms with Crippen molar-refractivity contribution in [3.63, 3.8) is 0 Å². The molecule has 1 aromatic heterocycles. The third-order valence-corrected chi connectivity index (χ3v) is 5.13. The number of carbonyl (C=O) groups excluding carboxylic acids is 1. The smallest absolute Gasteiger partial charge is 0.295 e. The Morgan fingerprint density at radius 1 is 0.833 bits per heavy atom. The molecule has 0 saturated heterocycles. The highest BCUT2D eigenvalue weighted by Crippen LogP contribution is 2.23. The van der Waals surface area contributed by atoms with E-state index in [9.17, 15) is 4.79 Å². The maximum absolute atomic E-state index is 12.9. The molecule has 30 heavy (non-hydrogen) atoms. The quantitative estimate of drug-likeness (QED) is 0.501. The van der Waals surface area contributed by atoms with Gasteiger partial charge in [0.15, 0.2) is 5.82 Å². The zero-order valence-corrected chi connectivity index (χ0v) is 17.6. The summed E-state index contributed by atoms with van der Waals surface area (Å²) in [6, 6.07) is 21.9. The molecule has 1 heterocycles. The van der Waals surface area contributed by atoms with Crippen molar-refractivity contribution >= 4 is 11.6 Å². The molecule has 0 radical (unpaired) electrons. The van der Waals surface area contributed by atoms with Gasteiger partial charge < -0.3 is 5.32 Å². The number of aryl methyl sites for hydroxylation is 4. The molecular formula is C25H24N4O. The van der Waals surface area contributed by atoms with Crippen LogP contribution in [0.15, 0.2) is 66.7 Å². The van der Waals surface area contributed by atoms with E-state index in [1.807, 2.05) is 94.4 Å². The standard InChI is InChI=1S/C25H24N4O/c1-16-8-12-22(13-9-16)29-24(20-7-5-6-17(2)14-20)27-23(28-29)25(30)26-21-11-10-18(3)19(4)15-21/h5-15H,1-4H3,(H,26,30). The Labute approximate surface area is 176 Å². The average Bonchev–Trinajstić information content (AvgIpc) is 3.17. The van der Waals surface area contributed by atoms with Gasteiger partial charge >= 0.3 is 0 Å². The molecule has 150 valence electrons. The molecule has 0 saturated carbocycles. The van der Waals surface area contributed by atoms with E-state index >= 15 is 0 Å². The fourth-order valence-electron chi connectivity index (χ4n) is 3.25. The topological polar surface area (TPSA) is 59.8 Å². The van der Waals surface area contributed by atoms with Crippen molar-refractivity contribution in [1.29, 1.82) is 0 Å². The van der Waals surface area contributed by atoms with E-state index in [0.717, 1.165) is 33.6 Å². The minimum atomic E-state index is -0.335. The van der Waals surface area contributed by atoms with Crippen LogP contribution in [0.2, 0.25) is 0 Å². The highest BCUT2D eigenvalue weighted by molar-refractivity contribution is 6.01. The normalized spacial score (nSPS) is 10.8. The summed E-state index contributed by atoms with van der Waals surface area (Å²) in [4.78, 5) is 17.5. The Bertz CT molecular complexity index is 1220. The molecule has 0 aliphatic carbocycles. The zero-order chi connectivity index (χ0) is 21.3. The molecule has 0 bridgehead atoms. The van der Waals surface area contributed by atoms with Gasteiger partial charge in [-0.25, -0.2) is 9.67 Å². The van der Waals surface area contributed by atoms with Gasteiger partial charge in [-0.1, -0.05) is 47.5 Å². The number of nitrogens with zero attached hydrogens (tertiary/aromatic N) is 3. The summed E-state index contributed by atoms with van der Waals surface area (Å²) in [5, 5.41) is 7.46. The second kappa shape index (κ2) is 7.95. The minimum Gasteiger partial charge on any atom is -0.319 e. The largest absolute Gasteiger partial charge is 0.319 e. The van der Waals surface area contributed by atoms with Crippen LogP contribution < -0.4 is 5.32 Å². The maximum atomic E-state index is 12.9. The zero-order valence-electron chi connectivity index (χ0n) is 17.6. The number of benzene rings is 3. The minimum absolute atomic E-state index is 0.130. The van der Waals surface area contributed by atoms with Crippen molar-refractivity contribution in [3.8, 4) is 17.1 Å². The number of hydrogen-bond donors (Lipinski definition) is 1. The molecule has 1 amide bonds. The van der Waals surface area contributed by atoms with Crippen LogP contribution in [-0.4, -0.2) is 20.7 Å². The van der Waals surface area contributed by atoms with Gasteiger partial charge in [0.2, 0.25) is 5.82 Å². The van der Waals surface area contributed by atoms with Crippen molar-refractivity contribution in [2.75, 3.05) is 5.32 Å². The monoisotopic (exact) mass is 396 g/mol. The highest BCUT2D eigenvalue weighted by Gasteiger charge is 2.19. The van der Waals surface area contributed by atoms with Crippen molar-refractivity contribution in [3.05, 3.63) is 94.8 Å². The number of hydrogen-bond acceptors (Lipinski definition) is 3. The summed E-state index contributed by atoms with van der Waals surface area (Å²) >= 11 is 0. The highest BCUT2D eigenvalue weighted by atomic mass is 16.2. The lowest BCUT2D eigenvalue weighted by atomic mass is 10.1. The Morgan fingerprint density at radius 2 is 1.60 bits per heavy atom. The summed E-state index contributed by atoms with van der Waals surface area (Å²) in [6.45, 7) is 8.13. The van der Waals surface area contributed by atoms with Crippen LogP contribution in [0, 0.1) is 27.7 Å². The molecule has 0 atom stereocenters. The molecule has 0 spiro atoms. The van der Waals surface area contributed by atoms with Crippen LogP contribution >= 0.6 is 0 Å². The lowest BCUT2D eigenvalue weighted by Gasteiger charge is -2.07. The molecule has 5 heteroatoms. The van der Waals surface area contributed by atoms with Crippen LogP contribution in [0.3, 0.4) is 0 Å². The Morgan fingerprint density at radius 3 is 2.30 bits per heavy atom. The molecule has 5 nitrogen and oxygen atoms in total. The predicted octanol–water partition coefficient (Wildman–Crippen LogP) is 5.42. The van der Waals surface area contributed by atoms with Gasteiger partial charge in [-0.2, -0.15) is 0 Å². The van der Waals surface area contributed by atoms with Crippen LogP contribution in [0.4, 0.5) is 5.69 Å².